The van der Waals surface area contributed by atoms with Crippen molar-refractivity contribution in [2.75, 3.05) is 17.7 Å². The lowest BCUT2D eigenvalue weighted by Gasteiger charge is -2.21. The summed E-state index contributed by atoms with van der Waals surface area (Å²) in [5.41, 5.74) is 10.2. The maximum atomic E-state index is 6.12. The third-order valence-electron chi connectivity index (χ3n) is 3.26. The van der Waals surface area contributed by atoms with Crippen LogP contribution in [0.3, 0.4) is 0 Å². The number of benzene rings is 2. The number of nitrogen functional groups attached to an aromatic ring is 1. The molecule has 0 fully saturated rings. The van der Waals surface area contributed by atoms with Crippen LogP contribution < -0.4 is 10.6 Å². The lowest BCUT2D eigenvalue weighted by Crippen LogP contribution is -2.17. The van der Waals surface area contributed by atoms with E-state index < -0.39 is 0 Å². The highest BCUT2D eigenvalue weighted by Gasteiger charge is 2.08. The van der Waals surface area contributed by atoms with E-state index in [2.05, 4.69) is 27.2 Å². The molecule has 3 aromatic rings. The first kappa shape index (κ1) is 11.6. The van der Waals surface area contributed by atoms with Crippen molar-refractivity contribution in [1.29, 1.82) is 0 Å². The van der Waals surface area contributed by atoms with Gasteiger partial charge in [-0.2, -0.15) is 5.10 Å². The molecule has 0 unspecified atom stereocenters. The lowest BCUT2D eigenvalue weighted by molar-refractivity contribution is 0.925. The van der Waals surface area contributed by atoms with Gasteiger partial charge >= 0.3 is 0 Å². The fraction of sp³-hybridized carbons (Fsp3) is 0.133. The molecule has 0 aliphatic carbocycles. The molecule has 0 aliphatic rings. The van der Waals surface area contributed by atoms with Crippen LogP contribution in [0.5, 0.6) is 0 Å². The summed E-state index contributed by atoms with van der Waals surface area (Å²) in [5.74, 6) is 0. The second kappa shape index (κ2) is 4.65. The summed E-state index contributed by atoms with van der Waals surface area (Å²) >= 11 is 0. The quantitative estimate of drug-likeness (QED) is 0.705. The fourth-order valence-corrected chi connectivity index (χ4v) is 2.27. The summed E-state index contributed by atoms with van der Waals surface area (Å²) in [5, 5.41) is 8.04. The third kappa shape index (κ3) is 2.25. The predicted octanol–water partition coefficient (Wildman–Crippen LogP) is 2.78. The van der Waals surface area contributed by atoms with E-state index in [0.29, 0.717) is 0 Å². The number of fused-ring (bicyclic) bond motifs is 1. The predicted molar refractivity (Wildman–Crippen MR) is 79.1 cm³/mol. The zero-order chi connectivity index (χ0) is 13.2. The molecule has 2 aromatic carbocycles. The van der Waals surface area contributed by atoms with Crippen LogP contribution in [0.25, 0.3) is 10.9 Å². The Balaban J connectivity index is 1.92. The van der Waals surface area contributed by atoms with E-state index in [4.69, 9.17) is 5.73 Å². The summed E-state index contributed by atoms with van der Waals surface area (Å²) in [6.45, 7) is 0.824. The number of nitrogens with zero attached hydrogens (tertiary/aromatic N) is 2. The van der Waals surface area contributed by atoms with Crippen LogP contribution in [-0.2, 0) is 6.54 Å². The molecule has 4 heteroatoms. The summed E-state index contributed by atoms with van der Waals surface area (Å²) in [6, 6.07) is 14.3. The summed E-state index contributed by atoms with van der Waals surface area (Å²) in [7, 11) is 2.04. The summed E-state index contributed by atoms with van der Waals surface area (Å²) in [4.78, 5) is 2.14. The number of aromatic nitrogens is 2. The molecule has 0 saturated carbocycles. The van der Waals surface area contributed by atoms with Gasteiger partial charge in [-0.1, -0.05) is 30.3 Å². The first-order valence-corrected chi connectivity index (χ1v) is 6.22. The minimum atomic E-state index is 0.771. The molecule has 0 aliphatic heterocycles. The van der Waals surface area contributed by atoms with Gasteiger partial charge in [-0.3, -0.25) is 5.10 Å². The zero-order valence-corrected chi connectivity index (χ0v) is 10.8. The average Bonchev–Trinajstić information content (AvgIpc) is 2.86. The van der Waals surface area contributed by atoms with Crippen molar-refractivity contribution in [2.24, 2.45) is 0 Å². The lowest BCUT2D eigenvalue weighted by atomic mass is 10.1. The van der Waals surface area contributed by atoms with Crippen molar-refractivity contribution in [2.45, 2.75) is 6.54 Å². The Labute approximate surface area is 111 Å². The van der Waals surface area contributed by atoms with E-state index in [1.165, 1.54) is 5.56 Å². The molecule has 0 bridgehead atoms. The van der Waals surface area contributed by atoms with E-state index >= 15 is 0 Å². The van der Waals surface area contributed by atoms with Gasteiger partial charge in [0.05, 0.1) is 23.1 Å². The fourth-order valence-electron chi connectivity index (χ4n) is 2.27. The van der Waals surface area contributed by atoms with Crippen LogP contribution in [0.1, 0.15) is 5.56 Å². The maximum absolute atomic E-state index is 6.12. The highest BCUT2D eigenvalue weighted by Crippen LogP contribution is 2.28. The van der Waals surface area contributed by atoms with Crippen molar-refractivity contribution in [3.05, 3.63) is 54.2 Å². The molecule has 96 valence electrons. The normalized spacial score (nSPS) is 10.8. The van der Waals surface area contributed by atoms with Gasteiger partial charge in [0.15, 0.2) is 0 Å². The number of H-pyrrole nitrogens is 1. The number of nitrogens with one attached hydrogen (secondary N) is 1. The van der Waals surface area contributed by atoms with Gasteiger partial charge in [-0.25, -0.2) is 0 Å². The molecular formula is C15H16N4. The first-order chi connectivity index (χ1) is 9.24. The number of rotatable bonds is 3. The summed E-state index contributed by atoms with van der Waals surface area (Å²) in [6.07, 6.45) is 1.78. The monoisotopic (exact) mass is 252 g/mol. The molecule has 3 rings (SSSR count). The van der Waals surface area contributed by atoms with Crippen molar-refractivity contribution < 1.29 is 0 Å². The van der Waals surface area contributed by atoms with Crippen LogP contribution in [0.4, 0.5) is 11.4 Å². The Bertz CT molecular complexity index is 688. The van der Waals surface area contributed by atoms with E-state index in [1.54, 1.807) is 6.20 Å². The Kier molecular flexibility index (Phi) is 2.83. The van der Waals surface area contributed by atoms with E-state index in [9.17, 15) is 0 Å². The number of nitrogens with two attached hydrogens (primary N) is 1. The Hall–Kier alpha value is -2.49. The summed E-state index contributed by atoms with van der Waals surface area (Å²) < 4.78 is 0. The average molecular weight is 252 g/mol. The van der Waals surface area contributed by atoms with E-state index in [-0.39, 0.29) is 0 Å². The minimum Gasteiger partial charge on any atom is -0.397 e. The molecule has 0 atom stereocenters. The molecule has 0 amide bonds. The zero-order valence-electron chi connectivity index (χ0n) is 10.8. The molecule has 4 nitrogen and oxygen atoms in total. The number of hydrogen-bond donors (Lipinski definition) is 2. The Morgan fingerprint density at radius 1 is 1.21 bits per heavy atom. The molecule has 1 aromatic heterocycles. The van der Waals surface area contributed by atoms with Crippen LogP contribution in [-0.4, -0.2) is 17.2 Å². The molecule has 0 saturated heterocycles. The Morgan fingerprint density at radius 2 is 2.00 bits per heavy atom. The van der Waals surface area contributed by atoms with Gasteiger partial charge in [-0.15, -0.1) is 0 Å². The molecule has 0 spiro atoms. The SMILES string of the molecule is CN(Cc1ccccc1)c1cc2[nH]ncc2cc1N. The number of hydrogen-bond acceptors (Lipinski definition) is 3. The third-order valence-corrected chi connectivity index (χ3v) is 3.26. The molecule has 3 N–H and O–H groups in total. The van der Waals surface area contributed by atoms with Crippen molar-refractivity contribution >= 4 is 22.3 Å². The highest BCUT2D eigenvalue weighted by molar-refractivity contribution is 5.88. The molecule has 1 heterocycles. The minimum absolute atomic E-state index is 0.771. The Morgan fingerprint density at radius 3 is 2.79 bits per heavy atom. The van der Waals surface area contributed by atoms with E-state index in [0.717, 1.165) is 28.8 Å². The van der Waals surface area contributed by atoms with Crippen molar-refractivity contribution in [3.63, 3.8) is 0 Å². The van der Waals surface area contributed by atoms with Crippen LogP contribution in [0, 0.1) is 0 Å². The van der Waals surface area contributed by atoms with Crippen LogP contribution >= 0.6 is 0 Å². The van der Waals surface area contributed by atoms with Crippen molar-refractivity contribution in [1.82, 2.24) is 10.2 Å². The van der Waals surface area contributed by atoms with Gasteiger partial charge in [-0.05, 0) is 17.7 Å². The molecular weight excluding hydrogens is 236 g/mol. The van der Waals surface area contributed by atoms with Gasteiger partial charge in [0.25, 0.3) is 0 Å². The van der Waals surface area contributed by atoms with Gasteiger partial charge < -0.3 is 10.6 Å². The second-order valence-corrected chi connectivity index (χ2v) is 4.71. The van der Waals surface area contributed by atoms with Gasteiger partial charge in [0, 0.05) is 19.0 Å². The van der Waals surface area contributed by atoms with E-state index in [1.807, 2.05) is 37.4 Å². The largest absolute Gasteiger partial charge is 0.397 e. The smallest absolute Gasteiger partial charge is 0.0672 e. The van der Waals surface area contributed by atoms with Crippen LogP contribution in [0.2, 0.25) is 0 Å². The highest BCUT2D eigenvalue weighted by atomic mass is 15.1. The standard InChI is InChI=1S/C15H16N4/c1-19(10-11-5-3-2-4-6-11)15-8-14-12(7-13(15)16)9-17-18-14/h2-9H,10,16H2,1H3,(H,17,18). The van der Waals surface area contributed by atoms with Crippen molar-refractivity contribution in [3.8, 4) is 0 Å². The number of aromatic amines is 1. The number of anilines is 2. The first-order valence-electron chi connectivity index (χ1n) is 6.22. The van der Waals surface area contributed by atoms with Gasteiger partial charge in [0.1, 0.15) is 0 Å². The van der Waals surface area contributed by atoms with Gasteiger partial charge in [0.2, 0.25) is 0 Å². The maximum Gasteiger partial charge on any atom is 0.0672 e. The molecule has 0 radical (unpaired) electrons. The molecule has 19 heavy (non-hydrogen) atoms. The topological polar surface area (TPSA) is 57.9 Å². The van der Waals surface area contributed by atoms with Crippen LogP contribution in [0.15, 0.2) is 48.7 Å². The second-order valence-electron chi connectivity index (χ2n) is 4.71.